The summed E-state index contributed by atoms with van der Waals surface area (Å²) in [7, 11) is -4.10. The van der Waals surface area contributed by atoms with Crippen molar-refractivity contribution < 1.29 is 64.8 Å². The van der Waals surface area contributed by atoms with Gasteiger partial charge in [0.05, 0.1) is 12.8 Å². The molecule has 0 aliphatic rings. The SMILES string of the molecule is O=C(O)CNCP(=O)(O)O.[H-].[H-].[Li+].[Li+]. The maximum atomic E-state index is 10.1. The van der Waals surface area contributed by atoms with Crippen LogP contribution in [0, 0.1) is 0 Å². The molecule has 0 unspecified atom stereocenters. The van der Waals surface area contributed by atoms with E-state index >= 15 is 0 Å². The van der Waals surface area contributed by atoms with E-state index in [4.69, 9.17) is 14.9 Å². The topological polar surface area (TPSA) is 107 Å². The van der Waals surface area contributed by atoms with E-state index in [0.717, 1.165) is 0 Å². The van der Waals surface area contributed by atoms with Crippen molar-refractivity contribution in [3.8, 4) is 0 Å². The molecule has 0 aromatic rings. The number of aliphatic carboxylic acids is 1. The second-order valence-electron chi connectivity index (χ2n) is 1.64. The molecule has 4 N–H and O–H groups in total. The van der Waals surface area contributed by atoms with Crippen LogP contribution >= 0.6 is 7.60 Å². The van der Waals surface area contributed by atoms with Crippen LogP contribution in [0.4, 0.5) is 0 Å². The van der Waals surface area contributed by atoms with Crippen molar-refractivity contribution in [2.24, 2.45) is 0 Å². The van der Waals surface area contributed by atoms with E-state index in [1.807, 2.05) is 0 Å². The molecule has 0 spiro atoms. The van der Waals surface area contributed by atoms with Crippen molar-refractivity contribution in [3.63, 3.8) is 0 Å². The number of carboxylic acid groups (broad SMARTS) is 1. The summed E-state index contributed by atoms with van der Waals surface area (Å²) in [6, 6.07) is 0. The number of hydrogen-bond donors (Lipinski definition) is 4. The van der Waals surface area contributed by atoms with Gasteiger partial charge in [-0.1, -0.05) is 0 Å². The van der Waals surface area contributed by atoms with Crippen LogP contribution < -0.4 is 43.0 Å². The minimum atomic E-state index is -4.10. The molecule has 0 rings (SSSR count). The van der Waals surface area contributed by atoms with E-state index in [-0.39, 0.29) is 40.6 Å². The fourth-order valence-corrected chi connectivity index (χ4v) is 0.712. The molecule has 0 amide bonds. The molecule has 0 aliphatic heterocycles. The second kappa shape index (κ2) is 8.38. The zero-order valence-electron chi connectivity index (χ0n) is 9.02. The van der Waals surface area contributed by atoms with Gasteiger partial charge in [-0.3, -0.25) is 14.7 Å². The molecule has 0 atom stereocenters. The van der Waals surface area contributed by atoms with Gasteiger partial charge in [-0.25, -0.2) is 0 Å². The molecule has 0 saturated heterocycles. The Morgan fingerprint density at radius 2 is 1.83 bits per heavy atom. The van der Waals surface area contributed by atoms with E-state index in [1.54, 1.807) is 0 Å². The van der Waals surface area contributed by atoms with Crippen LogP contribution in [0.5, 0.6) is 0 Å². The number of rotatable bonds is 4. The van der Waals surface area contributed by atoms with E-state index in [0.29, 0.717) is 0 Å². The van der Waals surface area contributed by atoms with Crippen LogP contribution in [-0.2, 0) is 9.36 Å². The number of carboxylic acids is 1. The van der Waals surface area contributed by atoms with E-state index in [9.17, 15) is 9.36 Å². The quantitative estimate of drug-likeness (QED) is 0.256. The van der Waals surface area contributed by atoms with Crippen LogP contribution in [0.2, 0.25) is 0 Å². The first-order chi connectivity index (χ1) is 4.42. The summed E-state index contributed by atoms with van der Waals surface area (Å²) in [6.07, 6.45) is -0.598. The van der Waals surface area contributed by atoms with Gasteiger partial charge in [0.2, 0.25) is 0 Å². The van der Waals surface area contributed by atoms with Crippen LogP contribution in [0.25, 0.3) is 0 Å². The van der Waals surface area contributed by atoms with Gasteiger partial charge in [-0.15, -0.1) is 0 Å². The Balaban J connectivity index is -0.0000000675. The molecule has 0 heterocycles. The minimum absolute atomic E-state index is 0. The van der Waals surface area contributed by atoms with Crippen LogP contribution in [0.3, 0.4) is 0 Å². The molecule has 6 nitrogen and oxygen atoms in total. The van der Waals surface area contributed by atoms with Crippen molar-refractivity contribution in [1.29, 1.82) is 0 Å². The first kappa shape index (κ1) is 18.5. The summed E-state index contributed by atoms with van der Waals surface area (Å²) in [6.45, 7) is -0.439. The van der Waals surface area contributed by atoms with E-state index < -0.39 is 26.4 Å². The molecule has 0 bridgehead atoms. The summed E-state index contributed by atoms with van der Waals surface area (Å²) in [5.74, 6) is -1.14. The first-order valence-electron chi connectivity index (χ1n) is 2.39. The van der Waals surface area contributed by atoms with Gasteiger partial charge in [0.15, 0.2) is 0 Å². The number of nitrogens with one attached hydrogen (secondary N) is 1. The molecule has 0 aliphatic carbocycles. The molecule has 64 valence electrons. The number of hydrogen-bond acceptors (Lipinski definition) is 3. The fourth-order valence-electron chi connectivity index (χ4n) is 0.308. The Morgan fingerprint density at radius 1 is 1.42 bits per heavy atom. The smallest absolute Gasteiger partial charge is 1.00 e. The third kappa shape index (κ3) is 17.0. The van der Waals surface area contributed by atoms with Crippen LogP contribution in [0.1, 0.15) is 2.85 Å². The zero-order valence-corrected chi connectivity index (χ0v) is 7.91. The average molecular weight is 185 g/mol. The summed E-state index contributed by atoms with van der Waals surface area (Å²) >= 11 is 0. The Kier molecular flexibility index (Phi) is 12.9. The van der Waals surface area contributed by atoms with Gasteiger partial charge >= 0.3 is 51.3 Å². The normalized spacial score (nSPS) is 9.50. The van der Waals surface area contributed by atoms with Gasteiger partial charge < -0.3 is 17.7 Å². The number of carbonyl (C=O) groups is 1. The average Bonchev–Trinajstić information content (AvgIpc) is 1.59. The molecule has 0 aromatic heterocycles. The predicted octanol–water partition coefficient (Wildman–Crippen LogP) is -6.97. The Hall–Kier alpha value is 0.775. The van der Waals surface area contributed by atoms with Crippen LogP contribution in [-0.4, -0.2) is 33.7 Å². The maximum Gasteiger partial charge on any atom is 1.00 e. The summed E-state index contributed by atoms with van der Waals surface area (Å²) < 4.78 is 10.1. The summed E-state index contributed by atoms with van der Waals surface area (Å²) in [4.78, 5) is 26.1. The molecule has 12 heavy (non-hydrogen) atoms. The van der Waals surface area contributed by atoms with Crippen molar-refractivity contribution in [2.75, 3.05) is 12.8 Å². The van der Waals surface area contributed by atoms with E-state index in [1.165, 1.54) is 0 Å². The monoisotopic (exact) mass is 185 g/mol. The molecule has 9 heteroatoms. The molecule has 0 fully saturated rings. The standard InChI is InChI=1S/C3H8NO5P.2Li.2H/c5-3(6)1-4-2-10(7,8)9;;;;/h4H,1-2H2,(H,5,6)(H2,7,8,9);;;;/q;2*+1;2*-1. The van der Waals surface area contributed by atoms with Gasteiger partial charge in [-0.05, 0) is 0 Å². The van der Waals surface area contributed by atoms with Crippen molar-refractivity contribution in [2.45, 2.75) is 0 Å². The van der Waals surface area contributed by atoms with Gasteiger partial charge in [-0.2, -0.15) is 0 Å². The third-order valence-electron chi connectivity index (χ3n) is 0.594. The van der Waals surface area contributed by atoms with Crippen LogP contribution in [0.15, 0.2) is 0 Å². The molecule has 0 radical (unpaired) electrons. The molecule has 0 saturated carbocycles. The Bertz CT molecular complexity index is 178. The largest absolute Gasteiger partial charge is 1.00 e. The molecule has 0 aromatic carbocycles. The van der Waals surface area contributed by atoms with Gasteiger partial charge in [0.25, 0.3) is 0 Å². The third-order valence-corrected chi connectivity index (χ3v) is 1.23. The van der Waals surface area contributed by atoms with Gasteiger partial charge in [0.1, 0.15) is 0 Å². The Labute approximate surface area is 96.6 Å². The van der Waals surface area contributed by atoms with Crippen molar-refractivity contribution >= 4 is 13.6 Å². The summed E-state index contributed by atoms with van der Waals surface area (Å²) in [5.41, 5.74) is 0. The zero-order chi connectivity index (χ0) is 8.20. The first-order valence-corrected chi connectivity index (χ1v) is 4.18. The minimum Gasteiger partial charge on any atom is -1.00 e. The summed E-state index contributed by atoms with van der Waals surface area (Å²) in [5, 5.41) is 10.1. The van der Waals surface area contributed by atoms with E-state index in [2.05, 4.69) is 5.32 Å². The molecular formula is C3H10Li2NO5P. The molecular weight excluding hydrogens is 175 g/mol. The predicted molar refractivity (Wildman–Crippen MR) is 34.8 cm³/mol. The fraction of sp³-hybridized carbons (Fsp3) is 0.667. The second-order valence-corrected chi connectivity index (χ2v) is 3.29. The van der Waals surface area contributed by atoms with Crippen molar-refractivity contribution in [3.05, 3.63) is 0 Å². The van der Waals surface area contributed by atoms with Crippen molar-refractivity contribution in [1.82, 2.24) is 5.32 Å². The van der Waals surface area contributed by atoms with Gasteiger partial charge in [0, 0.05) is 0 Å². The maximum absolute atomic E-state index is 10.1. The Morgan fingerprint density at radius 3 is 2.08 bits per heavy atom.